The van der Waals surface area contributed by atoms with E-state index in [0.29, 0.717) is 5.56 Å². The van der Waals surface area contributed by atoms with E-state index in [1.165, 1.54) is 12.1 Å². The first-order chi connectivity index (χ1) is 18.0. The molecule has 0 fully saturated rings. The number of aliphatic hydroxyl groups excluding tert-OH is 1. The van der Waals surface area contributed by atoms with Crippen LogP contribution in [0.3, 0.4) is 0 Å². The van der Waals surface area contributed by atoms with Crippen LogP contribution in [0.25, 0.3) is 0 Å². The monoisotopic (exact) mass is 528 g/mol. The molecule has 11 nitrogen and oxygen atoms in total. The molecule has 8 N–H and O–H groups in total. The van der Waals surface area contributed by atoms with Crippen LogP contribution in [0.5, 0.6) is 5.75 Å². The van der Waals surface area contributed by atoms with E-state index in [2.05, 4.69) is 16.0 Å². The summed E-state index contributed by atoms with van der Waals surface area (Å²) in [6.45, 7) is 2.80. The van der Waals surface area contributed by atoms with Gasteiger partial charge in [-0.05, 0) is 42.0 Å². The number of hydrogen-bond donors (Lipinski definition) is 7. The van der Waals surface area contributed by atoms with Gasteiger partial charge in [0.1, 0.15) is 23.9 Å². The molecule has 0 aliphatic rings. The highest BCUT2D eigenvalue weighted by atomic mass is 16.4. The van der Waals surface area contributed by atoms with Crippen LogP contribution in [0, 0.1) is 5.92 Å². The van der Waals surface area contributed by atoms with Gasteiger partial charge in [0.15, 0.2) is 0 Å². The third kappa shape index (κ3) is 9.83. The van der Waals surface area contributed by atoms with Gasteiger partial charge in [-0.15, -0.1) is 0 Å². The van der Waals surface area contributed by atoms with Gasteiger partial charge in [-0.2, -0.15) is 0 Å². The molecular formula is C27H36N4O7. The SMILES string of the molecule is CC(C)CC(NC(=O)C(CO)NC(=O)C(Cc1ccc(O)cc1)NC(=O)C(N)Cc1ccccc1)C(=O)O. The molecule has 0 saturated heterocycles. The third-order valence-corrected chi connectivity index (χ3v) is 5.78. The van der Waals surface area contributed by atoms with Crippen LogP contribution in [0.4, 0.5) is 0 Å². The number of rotatable bonds is 14. The van der Waals surface area contributed by atoms with E-state index in [1.54, 1.807) is 26.0 Å². The van der Waals surface area contributed by atoms with Crippen molar-refractivity contribution in [2.45, 2.75) is 57.3 Å². The zero-order chi connectivity index (χ0) is 28.2. The molecule has 0 bridgehead atoms. The zero-order valence-electron chi connectivity index (χ0n) is 21.5. The van der Waals surface area contributed by atoms with Crippen molar-refractivity contribution in [1.29, 1.82) is 0 Å². The number of carbonyl (C=O) groups excluding carboxylic acids is 3. The van der Waals surface area contributed by atoms with Crippen LogP contribution in [-0.2, 0) is 32.0 Å². The van der Waals surface area contributed by atoms with Crippen molar-refractivity contribution in [1.82, 2.24) is 16.0 Å². The van der Waals surface area contributed by atoms with Gasteiger partial charge in [0.05, 0.1) is 12.6 Å². The molecule has 0 radical (unpaired) electrons. The van der Waals surface area contributed by atoms with Crippen LogP contribution in [0.15, 0.2) is 54.6 Å². The minimum absolute atomic E-state index is 0.000772. The summed E-state index contributed by atoms with van der Waals surface area (Å²) in [5, 5.41) is 36.0. The summed E-state index contributed by atoms with van der Waals surface area (Å²) >= 11 is 0. The van der Waals surface area contributed by atoms with E-state index in [-0.39, 0.29) is 30.9 Å². The highest BCUT2D eigenvalue weighted by Gasteiger charge is 2.30. The summed E-state index contributed by atoms with van der Waals surface area (Å²) in [4.78, 5) is 50.2. The Morgan fingerprint density at radius 2 is 1.29 bits per heavy atom. The molecular weight excluding hydrogens is 492 g/mol. The van der Waals surface area contributed by atoms with Crippen LogP contribution in [-0.4, -0.2) is 69.8 Å². The smallest absolute Gasteiger partial charge is 0.326 e. The fraction of sp³-hybridized carbons (Fsp3) is 0.407. The number of aromatic hydroxyl groups is 1. The van der Waals surface area contributed by atoms with Crippen LogP contribution < -0.4 is 21.7 Å². The molecule has 3 amide bonds. The quantitative estimate of drug-likeness (QED) is 0.179. The Bertz CT molecular complexity index is 1080. The van der Waals surface area contributed by atoms with Crippen molar-refractivity contribution in [3.8, 4) is 5.75 Å². The number of aliphatic hydroxyl groups is 1. The van der Waals surface area contributed by atoms with E-state index in [0.717, 1.165) is 5.56 Å². The second kappa shape index (κ2) is 14.7. The number of phenolic OH excluding ortho intramolecular Hbond substituents is 1. The lowest BCUT2D eigenvalue weighted by Crippen LogP contribution is -2.58. The Morgan fingerprint density at radius 1 is 0.763 bits per heavy atom. The van der Waals surface area contributed by atoms with E-state index in [9.17, 15) is 34.5 Å². The Balaban J connectivity index is 2.16. The molecule has 0 aromatic heterocycles. The highest BCUT2D eigenvalue weighted by molar-refractivity contribution is 5.94. The molecule has 4 atom stereocenters. The average molecular weight is 529 g/mol. The molecule has 0 saturated carbocycles. The second-order valence-electron chi connectivity index (χ2n) is 9.50. The van der Waals surface area contributed by atoms with E-state index < -0.39 is 54.5 Å². The van der Waals surface area contributed by atoms with Crippen LogP contribution in [0.1, 0.15) is 31.4 Å². The summed E-state index contributed by atoms with van der Waals surface area (Å²) < 4.78 is 0. The summed E-state index contributed by atoms with van der Waals surface area (Å²) in [5.74, 6) is -3.48. The maximum absolute atomic E-state index is 13.2. The second-order valence-corrected chi connectivity index (χ2v) is 9.50. The number of nitrogens with two attached hydrogens (primary N) is 1. The first-order valence-corrected chi connectivity index (χ1v) is 12.3. The normalized spacial score (nSPS) is 14.1. The van der Waals surface area contributed by atoms with Gasteiger partial charge >= 0.3 is 5.97 Å². The minimum atomic E-state index is -1.45. The van der Waals surface area contributed by atoms with Crippen molar-refractivity contribution in [3.05, 3.63) is 65.7 Å². The lowest BCUT2D eigenvalue weighted by Gasteiger charge is -2.25. The molecule has 4 unspecified atom stereocenters. The van der Waals surface area contributed by atoms with E-state index in [1.807, 2.05) is 30.3 Å². The van der Waals surface area contributed by atoms with Crippen molar-refractivity contribution in [3.63, 3.8) is 0 Å². The van der Waals surface area contributed by atoms with Gasteiger partial charge in [-0.25, -0.2) is 4.79 Å². The third-order valence-electron chi connectivity index (χ3n) is 5.78. The fourth-order valence-electron chi connectivity index (χ4n) is 3.75. The number of hydrogen-bond acceptors (Lipinski definition) is 7. The van der Waals surface area contributed by atoms with Crippen molar-refractivity contribution in [2.75, 3.05) is 6.61 Å². The number of phenols is 1. The molecule has 0 aliphatic heterocycles. The van der Waals surface area contributed by atoms with Gasteiger partial charge in [0.2, 0.25) is 17.7 Å². The van der Waals surface area contributed by atoms with E-state index in [4.69, 9.17) is 5.73 Å². The van der Waals surface area contributed by atoms with Gasteiger partial charge in [-0.1, -0.05) is 56.3 Å². The zero-order valence-corrected chi connectivity index (χ0v) is 21.5. The number of benzene rings is 2. The van der Waals surface area contributed by atoms with Gasteiger partial charge < -0.3 is 37.0 Å². The first kappa shape index (κ1) is 30.3. The van der Waals surface area contributed by atoms with Gasteiger partial charge in [0.25, 0.3) is 0 Å². The average Bonchev–Trinajstić information content (AvgIpc) is 2.87. The minimum Gasteiger partial charge on any atom is -0.508 e. The van der Waals surface area contributed by atoms with Gasteiger partial charge in [-0.3, -0.25) is 14.4 Å². The lowest BCUT2D eigenvalue weighted by molar-refractivity contribution is -0.143. The summed E-state index contributed by atoms with van der Waals surface area (Å²) in [6.07, 6.45) is 0.390. The molecule has 2 rings (SSSR count). The molecule has 0 spiro atoms. The number of nitrogens with one attached hydrogen (secondary N) is 3. The molecule has 2 aromatic carbocycles. The molecule has 0 heterocycles. The van der Waals surface area contributed by atoms with Crippen LogP contribution in [0.2, 0.25) is 0 Å². The summed E-state index contributed by atoms with van der Waals surface area (Å²) in [5.41, 5.74) is 7.51. The maximum Gasteiger partial charge on any atom is 0.326 e. The summed E-state index contributed by atoms with van der Waals surface area (Å²) in [7, 11) is 0. The molecule has 38 heavy (non-hydrogen) atoms. The Labute approximate surface area is 221 Å². The number of carboxylic acids is 1. The van der Waals surface area contributed by atoms with Gasteiger partial charge in [0, 0.05) is 6.42 Å². The number of aliphatic carboxylic acids is 1. The summed E-state index contributed by atoms with van der Waals surface area (Å²) in [6, 6.07) is 10.3. The first-order valence-electron chi connectivity index (χ1n) is 12.3. The standard InChI is InChI=1S/C27H36N4O7/c1-16(2)12-22(27(37)38)30-26(36)23(15-32)31-25(35)21(14-18-8-10-19(33)11-9-18)29-24(34)20(28)13-17-6-4-3-5-7-17/h3-11,16,20-23,32-33H,12-15,28H2,1-2H3,(H,29,34)(H,30,36)(H,31,35)(H,37,38). The predicted molar refractivity (Wildman–Crippen MR) is 140 cm³/mol. The number of carbonyl (C=O) groups is 4. The molecule has 0 aliphatic carbocycles. The molecule has 206 valence electrons. The highest BCUT2D eigenvalue weighted by Crippen LogP contribution is 2.12. The Kier molecular flexibility index (Phi) is 11.7. The Morgan fingerprint density at radius 3 is 1.84 bits per heavy atom. The topological polar surface area (TPSA) is 191 Å². The molecule has 2 aromatic rings. The van der Waals surface area contributed by atoms with Crippen molar-refractivity contribution >= 4 is 23.7 Å². The lowest BCUT2D eigenvalue weighted by atomic mass is 10.0. The van der Waals surface area contributed by atoms with Crippen molar-refractivity contribution in [2.24, 2.45) is 11.7 Å². The van der Waals surface area contributed by atoms with E-state index >= 15 is 0 Å². The fourth-order valence-corrected chi connectivity index (χ4v) is 3.75. The largest absolute Gasteiger partial charge is 0.508 e. The molecule has 11 heteroatoms. The van der Waals surface area contributed by atoms with Crippen molar-refractivity contribution < 1.29 is 34.5 Å². The predicted octanol–water partition coefficient (Wildman–Crippen LogP) is 0.0821. The maximum atomic E-state index is 13.2. The Hall–Kier alpha value is -3.96. The van der Waals surface area contributed by atoms with Crippen LogP contribution >= 0.6 is 0 Å². The number of amides is 3. The number of carboxylic acid groups (broad SMARTS) is 1.